The van der Waals surface area contributed by atoms with E-state index < -0.39 is 13.0 Å². The Hall–Kier alpha value is -1.73. The summed E-state index contributed by atoms with van der Waals surface area (Å²) in [6.45, 7) is 2.14. The fourth-order valence-electron chi connectivity index (χ4n) is 1.25. The van der Waals surface area contributed by atoms with Gasteiger partial charge in [-0.1, -0.05) is 0 Å². The molecule has 0 spiro atoms. The summed E-state index contributed by atoms with van der Waals surface area (Å²) in [5, 5.41) is 2.95. The predicted octanol–water partition coefficient (Wildman–Crippen LogP) is 1.07. The Kier molecular flexibility index (Phi) is 4.99. The molecule has 0 amide bonds. The van der Waals surface area contributed by atoms with E-state index >= 15 is 0 Å². The molecule has 0 unspecified atom stereocenters. The molecule has 0 saturated carbocycles. The van der Waals surface area contributed by atoms with E-state index in [4.69, 9.17) is 0 Å². The second-order valence-corrected chi connectivity index (χ2v) is 3.96. The summed E-state index contributed by atoms with van der Waals surface area (Å²) < 4.78 is 24.7. The SMILES string of the molecule is CCNc1nc(N(C)C)nc(N(C)CC(F)F)n1. The van der Waals surface area contributed by atoms with Crippen molar-refractivity contribution in [1.82, 2.24) is 15.0 Å². The minimum Gasteiger partial charge on any atom is -0.354 e. The van der Waals surface area contributed by atoms with Crippen LogP contribution in [0.5, 0.6) is 0 Å². The van der Waals surface area contributed by atoms with Gasteiger partial charge in [0.25, 0.3) is 6.43 Å². The average Bonchev–Trinajstić information content (AvgIpc) is 2.28. The highest BCUT2D eigenvalue weighted by molar-refractivity contribution is 5.44. The molecule has 0 aliphatic carbocycles. The third-order valence-electron chi connectivity index (χ3n) is 2.10. The van der Waals surface area contributed by atoms with Crippen molar-refractivity contribution in [3.63, 3.8) is 0 Å². The van der Waals surface area contributed by atoms with Crippen LogP contribution in [0.3, 0.4) is 0 Å². The van der Waals surface area contributed by atoms with Gasteiger partial charge in [-0.3, -0.25) is 0 Å². The van der Waals surface area contributed by atoms with Crippen molar-refractivity contribution in [2.45, 2.75) is 13.3 Å². The van der Waals surface area contributed by atoms with Gasteiger partial charge < -0.3 is 15.1 Å². The smallest absolute Gasteiger partial charge is 0.255 e. The number of halogens is 2. The number of hydrogen-bond donors (Lipinski definition) is 1. The molecule has 0 aliphatic rings. The molecule has 18 heavy (non-hydrogen) atoms. The first-order chi connectivity index (χ1) is 8.43. The number of nitrogens with one attached hydrogen (secondary N) is 1. The monoisotopic (exact) mass is 260 g/mol. The van der Waals surface area contributed by atoms with Crippen molar-refractivity contribution in [1.29, 1.82) is 0 Å². The zero-order chi connectivity index (χ0) is 13.7. The van der Waals surface area contributed by atoms with Crippen LogP contribution in [0.25, 0.3) is 0 Å². The molecule has 0 aromatic carbocycles. The van der Waals surface area contributed by atoms with E-state index in [9.17, 15) is 8.78 Å². The Bertz CT molecular complexity index is 385. The van der Waals surface area contributed by atoms with Crippen LogP contribution in [0.2, 0.25) is 0 Å². The van der Waals surface area contributed by atoms with Crippen molar-refractivity contribution >= 4 is 17.8 Å². The van der Waals surface area contributed by atoms with Crippen molar-refractivity contribution in [2.75, 3.05) is 49.3 Å². The van der Waals surface area contributed by atoms with E-state index in [2.05, 4.69) is 20.3 Å². The molecule has 0 aliphatic heterocycles. The van der Waals surface area contributed by atoms with Gasteiger partial charge in [0.1, 0.15) is 0 Å². The van der Waals surface area contributed by atoms with E-state index in [1.165, 1.54) is 11.9 Å². The van der Waals surface area contributed by atoms with E-state index in [0.717, 1.165) is 0 Å². The van der Waals surface area contributed by atoms with E-state index in [0.29, 0.717) is 18.4 Å². The molecule has 102 valence electrons. The molecule has 0 atom stereocenters. The van der Waals surface area contributed by atoms with Crippen molar-refractivity contribution < 1.29 is 8.78 Å². The average molecular weight is 260 g/mol. The van der Waals surface area contributed by atoms with E-state index in [1.807, 2.05) is 6.92 Å². The molecule has 1 aromatic heterocycles. The van der Waals surface area contributed by atoms with Crippen molar-refractivity contribution in [3.8, 4) is 0 Å². The molecule has 0 bridgehead atoms. The molecule has 6 nitrogen and oxygen atoms in total. The van der Waals surface area contributed by atoms with Crippen LogP contribution in [0.1, 0.15) is 6.92 Å². The van der Waals surface area contributed by atoms with Gasteiger partial charge in [0, 0.05) is 27.7 Å². The summed E-state index contributed by atoms with van der Waals surface area (Å²) in [5.74, 6) is 1.04. The summed E-state index contributed by atoms with van der Waals surface area (Å²) >= 11 is 0. The van der Waals surface area contributed by atoms with Crippen molar-refractivity contribution in [3.05, 3.63) is 0 Å². The Morgan fingerprint density at radius 3 is 2.22 bits per heavy atom. The third kappa shape index (κ3) is 3.94. The molecule has 8 heteroatoms. The minimum atomic E-state index is -2.43. The molecule has 0 radical (unpaired) electrons. The fourth-order valence-corrected chi connectivity index (χ4v) is 1.25. The fraction of sp³-hybridized carbons (Fsp3) is 0.700. The Balaban J connectivity index is 3.02. The molecule has 0 saturated heterocycles. The van der Waals surface area contributed by atoms with Gasteiger partial charge >= 0.3 is 0 Å². The van der Waals surface area contributed by atoms with E-state index in [-0.39, 0.29) is 5.95 Å². The first kappa shape index (κ1) is 14.3. The number of aromatic nitrogens is 3. The summed E-state index contributed by atoms with van der Waals surface area (Å²) in [4.78, 5) is 15.4. The number of hydrogen-bond acceptors (Lipinski definition) is 6. The highest BCUT2D eigenvalue weighted by Gasteiger charge is 2.14. The van der Waals surface area contributed by atoms with Crippen LogP contribution in [0.4, 0.5) is 26.6 Å². The maximum atomic E-state index is 12.3. The van der Waals surface area contributed by atoms with Gasteiger partial charge in [0.15, 0.2) is 0 Å². The predicted molar refractivity (Wildman–Crippen MR) is 67.6 cm³/mol. The molecule has 1 heterocycles. The molecule has 1 rings (SSSR count). The molecule has 0 fully saturated rings. The first-order valence-electron chi connectivity index (χ1n) is 5.60. The zero-order valence-corrected chi connectivity index (χ0v) is 11.0. The van der Waals surface area contributed by atoms with Crippen molar-refractivity contribution in [2.24, 2.45) is 0 Å². The Labute approximate surface area is 105 Å². The molecular weight excluding hydrogens is 242 g/mol. The molecule has 1 aromatic rings. The number of rotatable bonds is 6. The van der Waals surface area contributed by atoms with Crippen LogP contribution < -0.4 is 15.1 Å². The van der Waals surface area contributed by atoms with E-state index in [1.54, 1.807) is 19.0 Å². The van der Waals surface area contributed by atoms with Crippen LogP contribution >= 0.6 is 0 Å². The third-order valence-corrected chi connectivity index (χ3v) is 2.10. The summed E-state index contributed by atoms with van der Waals surface area (Å²) in [6.07, 6.45) is -2.43. The van der Waals surface area contributed by atoms with Gasteiger partial charge in [-0.2, -0.15) is 15.0 Å². The zero-order valence-electron chi connectivity index (χ0n) is 11.0. The maximum Gasteiger partial charge on any atom is 0.255 e. The minimum absolute atomic E-state index is 0.227. The van der Waals surface area contributed by atoms with Crippen LogP contribution in [0.15, 0.2) is 0 Å². The Morgan fingerprint density at radius 2 is 1.72 bits per heavy atom. The number of anilines is 3. The second-order valence-electron chi connectivity index (χ2n) is 3.96. The molecular formula is C10H18F2N6. The van der Waals surface area contributed by atoms with Gasteiger partial charge in [0.05, 0.1) is 6.54 Å². The van der Waals surface area contributed by atoms with Gasteiger partial charge in [-0.05, 0) is 6.92 Å². The van der Waals surface area contributed by atoms with Gasteiger partial charge in [-0.15, -0.1) is 0 Å². The van der Waals surface area contributed by atoms with Crippen LogP contribution in [-0.2, 0) is 0 Å². The summed E-state index contributed by atoms with van der Waals surface area (Å²) in [6, 6.07) is 0. The van der Waals surface area contributed by atoms with Crippen LogP contribution in [-0.4, -0.2) is 55.6 Å². The van der Waals surface area contributed by atoms with Gasteiger partial charge in [0.2, 0.25) is 17.8 Å². The highest BCUT2D eigenvalue weighted by Crippen LogP contribution is 2.14. The lowest BCUT2D eigenvalue weighted by atomic mass is 10.6. The highest BCUT2D eigenvalue weighted by atomic mass is 19.3. The standard InChI is InChI=1S/C10H18F2N6/c1-5-13-8-14-9(17(2)3)16-10(15-8)18(4)6-7(11)12/h7H,5-6H2,1-4H3,(H,13,14,15,16). The summed E-state index contributed by atoms with van der Waals surface area (Å²) in [5.41, 5.74) is 0. The maximum absolute atomic E-state index is 12.3. The lowest BCUT2D eigenvalue weighted by molar-refractivity contribution is 0.156. The quantitative estimate of drug-likeness (QED) is 0.825. The molecule has 1 N–H and O–H groups in total. The first-order valence-corrected chi connectivity index (χ1v) is 5.60. The lowest BCUT2D eigenvalue weighted by Gasteiger charge is -2.19. The van der Waals surface area contributed by atoms with Crippen LogP contribution in [0, 0.1) is 0 Å². The number of alkyl halides is 2. The van der Waals surface area contributed by atoms with Gasteiger partial charge in [-0.25, -0.2) is 8.78 Å². The second kappa shape index (κ2) is 6.27. The summed E-state index contributed by atoms with van der Waals surface area (Å²) in [7, 11) is 5.08. The topological polar surface area (TPSA) is 57.2 Å². The lowest BCUT2D eigenvalue weighted by Crippen LogP contribution is -2.27. The normalized spacial score (nSPS) is 10.6. The Morgan fingerprint density at radius 1 is 1.11 bits per heavy atom. The number of nitrogens with zero attached hydrogens (tertiary/aromatic N) is 5. The largest absolute Gasteiger partial charge is 0.354 e.